The van der Waals surface area contributed by atoms with Crippen molar-refractivity contribution in [2.24, 2.45) is 0 Å². The summed E-state index contributed by atoms with van der Waals surface area (Å²) < 4.78 is 40.6. The van der Waals surface area contributed by atoms with Crippen LogP contribution in [-0.4, -0.2) is 16.4 Å². The van der Waals surface area contributed by atoms with E-state index in [1.807, 2.05) is 0 Å². The Morgan fingerprint density at radius 1 is 0.973 bits per heavy atom. The Kier molecular flexibility index (Phi) is 7.32. The summed E-state index contributed by atoms with van der Waals surface area (Å²) in [7, 11) is 0. The smallest absolute Gasteiger partial charge is 0.337 e. The highest BCUT2D eigenvalue weighted by Crippen LogP contribution is 2.31. The number of hydrogen-bond acceptors (Lipinski definition) is 3. The number of anilines is 2. The fourth-order valence-corrected chi connectivity index (χ4v) is 3.81. The zero-order valence-electron chi connectivity index (χ0n) is 19.0. The van der Waals surface area contributed by atoms with Gasteiger partial charge < -0.3 is 15.2 Å². The minimum Gasteiger partial charge on any atom is -0.337 e. The standard InChI is InChI=1S/C27H18ClF3N4O2/c28-20-8-10-21(11-9-20)33-25(36)16-35-15-18(23-6-1-2-7-24(23)35)12-17(14-32)26(37)34-22-5-3-4-19(13-22)27(29,30)31/h1-13,15H,16H2,(H,33,36)(H,34,37)/b17-12-. The average molecular weight is 523 g/mol. The molecule has 37 heavy (non-hydrogen) atoms. The van der Waals surface area contributed by atoms with Gasteiger partial charge >= 0.3 is 6.18 Å². The molecule has 0 aliphatic carbocycles. The summed E-state index contributed by atoms with van der Waals surface area (Å²) in [6, 6.07) is 19.7. The highest BCUT2D eigenvalue weighted by atomic mass is 35.5. The zero-order valence-corrected chi connectivity index (χ0v) is 19.8. The molecule has 0 aliphatic heterocycles. The summed E-state index contributed by atoms with van der Waals surface area (Å²) >= 11 is 5.87. The lowest BCUT2D eigenvalue weighted by atomic mass is 10.1. The summed E-state index contributed by atoms with van der Waals surface area (Å²) in [5.41, 5.74) is 0.422. The van der Waals surface area contributed by atoms with Crippen molar-refractivity contribution in [1.29, 1.82) is 5.26 Å². The Balaban J connectivity index is 1.58. The quantitative estimate of drug-likeness (QED) is 0.224. The topological polar surface area (TPSA) is 86.9 Å². The Labute approximate surface area is 214 Å². The van der Waals surface area contributed by atoms with Gasteiger partial charge in [-0.1, -0.05) is 35.9 Å². The maximum Gasteiger partial charge on any atom is 0.416 e. The number of fused-ring (bicyclic) bond motifs is 1. The number of halogens is 4. The molecule has 10 heteroatoms. The van der Waals surface area contributed by atoms with Crippen LogP contribution < -0.4 is 10.6 Å². The number of carbonyl (C=O) groups excluding carboxylic acids is 2. The van der Waals surface area contributed by atoms with Crippen molar-refractivity contribution < 1.29 is 22.8 Å². The number of hydrogen-bond donors (Lipinski definition) is 2. The largest absolute Gasteiger partial charge is 0.416 e. The number of para-hydroxylation sites is 1. The van der Waals surface area contributed by atoms with Crippen LogP contribution in [0.3, 0.4) is 0 Å². The lowest BCUT2D eigenvalue weighted by Crippen LogP contribution is -2.18. The first-order valence-corrected chi connectivity index (χ1v) is 11.3. The molecular weight excluding hydrogens is 505 g/mol. The van der Waals surface area contributed by atoms with Gasteiger partial charge in [-0.05, 0) is 54.6 Å². The van der Waals surface area contributed by atoms with Crippen molar-refractivity contribution in [2.75, 3.05) is 10.6 Å². The summed E-state index contributed by atoms with van der Waals surface area (Å²) in [4.78, 5) is 25.3. The van der Waals surface area contributed by atoms with E-state index in [4.69, 9.17) is 11.6 Å². The van der Waals surface area contributed by atoms with Crippen LogP contribution in [0.1, 0.15) is 11.1 Å². The molecule has 1 aromatic heterocycles. The number of benzene rings is 3. The van der Waals surface area contributed by atoms with E-state index in [-0.39, 0.29) is 23.7 Å². The molecule has 0 spiro atoms. The van der Waals surface area contributed by atoms with E-state index in [9.17, 15) is 28.0 Å². The minimum atomic E-state index is -4.57. The second-order valence-corrected chi connectivity index (χ2v) is 8.42. The normalized spacial score (nSPS) is 11.7. The second-order valence-electron chi connectivity index (χ2n) is 7.99. The van der Waals surface area contributed by atoms with Gasteiger partial charge in [-0.2, -0.15) is 18.4 Å². The number of aromatic nitrogens is 1. The Morgan fingerprint density at radius 2 is 1.70 bits per heavy atom. The number of nitrogens with zero attached hydrogens (tertiary/aromatic N) is 2. The van der Waals surface area contributed by atoms with E-state index in [0.717, 1.165) is 18.2 Å². The van der Waals surface area contributed by atoms with Gasteiger partial charge in [-0.25, -0.2) is 0 Å². The number of amides is 2. The Bertz CT molecular complexity index is 1550. The van der Waals surface area contributed by atoms with Gasteiger partial charge in [-0.15, -0.1) is 0 Å². The number of rotatable bonds is 6. The number of carbonyl (C=O) groups is 2. The minimum absolute atomic E-state index is 0.0463. The molecule has 0 radical (unpaired) electrons. The van der Waals surface area contributed by atoms with Gasteiger partial charge in [0.1, 0.15) is 18.2 Å². The van der Waals surface area contributed by atoms with Crippen LogP contribution in [0.5, 0.6) is 0 Å². The first kappa shape index (κ1) is 25.5. The third kappa shape index (κ3) is 6.18. The van der Waals surface area contributed by atoms with Gasteiger partial charge in [0, 0.05) is 39.1 Å². The number of alkyl halides is 3. The molecule has 6 nitrogen and oxygen atoms in total. The first-order chi connectivity index (χ1) is 17.6. The molecule has 186 valence electrons. The zero-order chi connectivity index (χ0) is 26.6. The maximum absolute atomic E-state index is 13.0. The van der Waals surface area contributed by atoms with Gasteiger partial charge in [0.2, 0.25) is 5.91 Å². The van der Waals surface area contributed by atoms with Crippen LogP contribution in [0.4, 0.5) is 24.5 Å². The van der Waals surface area contributed by atoms with Crippen LogP contribution in [0.15, 0.2) is 84.6 Å². The molecule has 4 aromatic rings. The van der Waals surface area contributed by atoms with E-state index >= 15 is 0 Å². The molecule has 0 atom stereocenters. The molecule has 2 N–H and O–H groups in total. The summed E-state index contributed by atoms with van der Waals surface area (Å²) in [6.45, 7) is -0.0463. The molecule has 0 fully saturated rings. The van der Waals surface area contributed by atoms with E-state index < -0.39 is 17.6 Å². The third-order valence-electron chi connectivity index (χ3n) is 5.37. The maximum atomic E-state index is 13.0. The predicted molar refractivity (Wildman–Crippen MR) is 136 cm³/mol. The van der Waals surface area contributed by atoms with Crippen LogP contribution in [-0.2, 0) is 22.3 Å². The monoisotopic (exact) mass is 522 g/mol. The summed E-state index contributed by atoms with van der Waals surface area (Å²) in [6.07, 6.45) is -1.61. The number of nitrogens with one attached hydrogen (secondary N) is 2. The molecule has 2 amide bonds. The molecule has 0 unspecified atom stereocenters. The Hall–Kier alpha value is -4.55. The van der Waals surface area contributed by atoms with Crippen LogP contribution in [0.25, 0.3) is 17.0 Å². The molecule has 3 aromatic carbocycles. The van der Waals surface area contributed by atoms with Gasteiger partial charge in [0.25, 0.3) is 5.91 Å². The van der Waals surface area contributed by atoms with E-state index in [1.165, 1.54) is 12.1 Å². The molecule has 4 rings (SSSR count). The lowest BCUT2D eigenvalue weighted by molar-refractivity contribution is -0.137. The van der Waals surface area contributed by atoms with Crippen molar-refractivity contribution in [3.05, 3.63) is 101 Å². The van der Waals surface area contributed by atoms with Crippen molar-refractivity contribution in [3.8, 4) is 6.07 Å². The van der Waals surface area contributed by atoms with Crippen LogP contribution in [0, 0.1) is 11.3 Å². The van der Waals surface area contributed by atoms with Crippen LogP contribution >= 0.6 is 11.6 Å². The van der Waals surface area contributed by atoms with Crippen LogP contribution in [0.2, 0.25) is 5.02 Å². The second kappa shape index (κ2) is 10.6. The van der Waals surface area contributed by atoms with Crippen molar-refractivity contribution in [1.82, 2.24) is 4.57 Å². The fraction of sp³-hybridized carbons (Fsp3) is 0.0741. The molecular formula is C27H18ClF3N4O2. The molecule has 0 aliphatic rings. The molecule has 0 saturated carbocycles. The highest BCUT2D eigenvalue weighted by Gasteiger charge is 2.30. The number of nitriles is 1. The molecule has 0 saturated heterocycles. The molecule has 0 bridgehead atoms. The average Bonchev–Trinajstić information content (AvgIpc) is 3.20. The molecule has 1 heterocycles. The van der Waals surface area contributed by atoms with Gasteiger partial charge in [-0.3, -0.25) is 9.59 Å². The summed E-state index contributed by atoms with van der Waals surface area (Å²) in [5, 5.41) is 15.9. The lowest BCUT2D eigenvalue weighted by Gasteiger charge is -2.09. The van der Waals surface area contributed by atoms with E-state index in [1.54, 1.807) is 65.4 Å². The Morgan fingerprint density at radius 3 is 2.41 bits per heavy atom. The van der Waals surface area contributed by atoms with Gasteiger partial charge in [0.15, 0.2) is 0 Å². The van der Waals surface area contributed by atoms with Crippen molar-refractivity contribution in [2.45, 2.75) is 12.7 Å². The highest BCUT2D eigenvalue weighted by molar-refractivity contribution is 6.30. The first-order valence-electron chi connectivity index (χ1n) is 10.9. The van der Waals surface area contributed by atoms with E-state index in [0.29, 0.717) is 27.2 Å². The van der Waals surface area contributed by atoms with Crippen molar-refractivity contribution >= 4 is 51.8 Å². The SMILES string of the molecule is N#C/C(=C/c1cn(CC(=O)Nc2ccc(Cl)cc2)c2ccccc12)C(=O)Nc1cccc(C(F)(F)F)c1. The summed E-state index contributed by atoms with van der Waals surface area (Å²) in [5.74, 6) is -1.17. The van der Waals surface area contributed by atoms with Gasteiger partial charge in [0.05, 0.1) is 5.56 Å². The van der Waals surface area contributed by atoms with E-state index in [2.05, 4.69) is 10.6 Å². The van der Waals surface area contributed by atoms with Crippen molar-refractivity contribution in [3.63, 3.8) is 0 Å². The predicted octanol–water partition coefficient (Wildman–Crippen LogP) is 6.50. The third-order valence-corrected chi connectivity index (χ3v) is 5.63. The fourth-order valence-electron chi connectivity index (χ4n) is 3.69.